The lowest BCUT2D eigenvalue weighted by molar-refractivity contribution is -0.151. The van der Waals surface area contributed by atoms with Crippen molar-refractivity contribution < 1.29 is 34.1 Å². The number of phenols is 1. The van der Waals surface area contributed by atoms with E-state index in [2.05, 4.69) is 16.0 Å². The number of carboxylic acid groups (broad SMARTS) is 1. The summed E-state index contributed by atoms with van der Waals surface area (Å²) in [4.78, 5) is 49.3. The highest BCUT2D eigenvalue weighted by molar-refractivity contribution is 8.00. The number of ether oxygens (including phenoxy) is 1. The Labute approximate surface area is 180 Å². The number of nitrogens with two attached hydrogens (primary N) is 1. The molecule has 0 aliphatic carbocycles. The summed E-state index contributed by atoms with van der Waals surface area (Å²) in [6, 6.07) is 1.31. The van der Waals surface area contributed by atoms with Crippen molar-refractivity contribution in [1.29, 1.82) is 0 Å². The number of urea groups is 1. The number of nitrogens with one attached hydrogen (secondary N) is 3. The first-order valence-corrected chi connectivity index (χ1v) is 10.1. The Kier molecular flexibility index (Phi) is 6.27. The molecule has 2 heterocycles. The third kappa shape index (κ3) is 4.09. The highest BCUT2D eigenvalue weighted by Crippen LogP contribution is 2.40. The molecule has 0 spiro atoms. The maximum absolute atomic E-state index is 12.6. The van der Waals surface area contributed by atoms with Crippen LogP contribution in [0.1, 0.15) is 11.6 Å². The molecule has 1 saturated heterocycles. The number of phenolic OH excluding ortho intramolecular Hbond substituents is 1. The van der Waals surface area contributed by atoms with Crippen molar-refractivity contribution in [3.05, 3.63) is 35.2 Å². The Morgan fingerprint density at radius 2 is 2.06 bits per heavy atom. The first-order chi connectivity index (χ1) is 14.7. The zero-order chi connectivity index (χ0) is 22.9. The maximum atomic E-state index is 12.6. The first kappa shape index (κ1) is 22.2. The molecule has 31 heavy (non-hydrogen) atoms. The van der Waals surface area contributed by atoms with Gasteiger partial charge in [0.15, 0.2) is 5.70 Å². The van der Waals surface area contributed by atoms with Crippen molar-refractivity contribution in [1.82, 2.24) is 15.5 Å². The van der Waals surface area contributed by atoms with Crippen LogP contribution in [0.15, 0.2) is 29.7 Å². The Balaban J connectivity index is 1.72. The smallest absolute Gasteiger partial charge is 0.356 e. The van der Waals surface area contributed by atoms with Crippen LogP contribution in [0.3, 0.4) is 0 Å². The second-order valence-electron chi connectivity index (χ2n) is 6.64. The number of aromatic hydroxyl groups is 1. The number of nitrogens with zero attached hydrogens (tertiary/aromatic N) is 1. The molecule has 3 rings (SSSR count). The quantitative estimate of drug-likeness (QED) is 0.245. The number of anilines is 1. The Bertz CT molecular complexity index is 982. The molecule has 0 radical (unpaired) electrons. The fourth-order valence-corrected chi connectivity index (χ4v) is 4.49. The van der Waals surface area contributed by atoms with Gasteiger partial charge in [-0.3, -0.25) is 14.5 Å². The van der Waals surface area contributed by atoms with E-state index >= 15 is 0 Å². The molecule has 2 aliphatic rings. The van der Waals surface area contributed by atoms with E-state index in [9.17, 15) is 29.4 Å². The molecule has 166 valence electrons. The summed E-state index contributed by atoms with van der Waals surface area (Å²) in [5.41, 5.74) is 6.10. The highest BCUT2D eigenvalue weighted by Gasteiger charge is 2.55. The molecule has 0 bridgehead atoms. The molecule has 3 atom stereocenters. The molecule has 13 heteroatoms. The van der Waals surface area contributed by atoms with Gasteiger partial charge in [-0.05, 0) is 17.7 Å². The van der Waals surface area contributed by atoms with E-state index in [0.29, 0.717) is 0 Å². The highest BCUT2D eigenvalue weighted by atomic mass is 32.2. The van der Waals surface area contributed by atoms with Gasteiger partial charge in [0.2, 0.25) is 5.91 Å². The van der Waals surface area contributed by atoms with Crippen LogP contribution in [0.5, 0.6) is 5.75 Å². The van der Waals surface area contributed by atoms with Crippen LogP contribution in [0.25, 0.3) is 0 Å². The second-order valence-corrected chi connectivity index (χ2v) is 7.74. The van der Waals surface area contributed by atoms with E-state index in [1.54, 1.807) is 0 Å². The third-order valence-corrected chi connectivity index (χ3v) is 6.07. The molecule has 4 amide bonds. The summed E-state index contributed by atoms with van der Waals surface area (Å²) in [7, 11) is 2.73. The van der Waals surface area contributed by atoms with Gasteiger partial charge in [0.05, 0.1) is 18.6 Å². The average Bonchev–Trinajstić information content (AvgIpc) is 2.76. The lowest BCUT2D eigenvalue weighted by Crippen LogP contribution is -2.71. The van der Waals surface area contributed by atoms with Gasteiger partial charge in [-0.15, -0.1) is 11.8 Å². The van der Waals surface area contributed by atoms with Crippen LogP contribution in [-0.4, -0.2) is 70.3 Å². The lowest BCUT2D eigenvalue weighted by Gasteiger charge is -2.49. The number of β-lactam (4-membered cyclic amide) rings is 1. The van der Waals surface area contributed by atoms with E-state index in [0.717, 1.165) is 4.90 Å². The summed E-state index contributed by atoms with van der Waals surface area (Å²) in [6.45, 7) is 0. The summed E-state index contributed by atoms with van der Waals surface area (Å²) in [6.07, 6.45) is 0. The van der Waals surface area contributed by atoms with Gasteiger partial charge < -0.3 is 36.6 Å². The average molecular weight is 451 g/mol. The molecule has 1 aromatic carbocycles. The van der Waals surface area contributed by atoms with Crippen LogP contribution in [0.2, 0.25) is 0 Å². The third-order valence-electron chi connectivity index (χ3n) is 4.82. The summed E-state index contributed by atoms with van der Waals surface area (Å²) >= 11 is 1.26. The molecule has 0 unspecified atom stereocenters. The lowest BCUT2D eigenvalue weighted by atomic mass is 10.0. The summed E-state index contributed by atoms with van der Waals surface area (Å²) in [5, 5.41) is 26.0. The van der Waals surface area contributed by atoms with Gasteiger partial charge in [-0.1, -0.05) is 6.07 Å². The Hall–Kier alpha value is -3.45. The van der Waals surface area contributed by atoms with Crippen molar-refractivity contribution in [2.45, 2.75) is 17.5 Å². The minimum Gasteiger partial charge on any atom is -0.506 e. The fraction of sp³-hybridized carbons (Fsp3) is 0.333. The molecular formula is C18H21N5O7S. The second kappa shape index (κ2) is 8.73. The minimum absolute atomic E-state index is 0.0529. The number of thioether (sulfide) groups is 1. The van der Waals surface area contributed by atoms with E-state index in [4.69, 9.17) is 10.5 Å². The molecular weight excluding hydrogens is 430 g/mol. The molecule has 0 saturated carbocycles. The zero-order valence-corrected chi connectivity index (χ0v) is 17.4. The van der Waals surface area contributed by atoms with Crippen molar-refractivity contribution in [2.24, 2.45) is 5.73 Å². The van der Waals surface area contributed by atoms with Crippen LogP contribution in [0, 0.1) is 0 Å². The number of fused-ring (bicyclic) bond motifs is 1. The van der Waals surface area contributed by atoms with Gasteiger partial charge in [0.25, 0.3) is 5.91 Å². The SMILES string of the molecule is CNC(=O)Nc1cc([C@@H](N)C(=O)N[C@@H]2C(=O)N3C(C(=O)O)=C(OC)CS[C@H]23)ccc1O. The standard InChI is InChI=1S/C18H21N5O7S/c1-20-18(29)21-8-5-7(3-4-9(8)24)11(19)14(25)22-12-15(26)23-13(17(27)28)10(30-2)6-31-16(12)23/h3-5,11-12,16,24H,6,19H2,1-2H3,(H,22,25)(H,27,28)(H2,20,21,29)/t11-,12-,16-/m1/s1. The number of carboxylic acids is 1. The predicted octanol–water partition coefficient (Wildman–Crippen LogP) is -0.514. The Morgan fingerprint density at radius 3 is 2.68 bits per heavy atom. The summed E-state index contributed by atoms with van der Waals surface area (Å²) < 4.78 is 5.06. The molecule has 12 nitrogen and oxygen atoms in total. The first-order valence-electron chi connectivity index (χ1n) is 9.02. The van der Waals surface area contributed by atoms with Crippen LogP contribution in [-0.2, 0) is 19.1 Å². The Morgan fingerprint density at radius 1 is 1.35 bits per heavy atom. The van der Waals surface area contributed by atoms with E-state index < -0.39 is 41.3 Å². The van der Waals surface area contributed by atoms with Crippen molar-refractivity contribution >= 4 is 41.3 Å². The zero-order valence-electron chi connectivity index (χ0n) is 16.5. The largest absolute Gasteiger partial charge is 0.506 e. The fourth-order valence-electron chi connectivity index (χ4n) is 3.17. The van der Waals surface area contributed by atoms with E-state index in [1.807, 2.05) is 0 Å². The van der Waals surface area contributed by atoms with Gasteiger partial charge in [0.1, 0.15) is 29.0 Å². The van der Waals surface area contributed by atoms with Crippen LogP contribution >= 0.6 is 11.8 Å². The molecule has 7 N–H and O–H groups in total. The van der Waals surface area contributed by atoms with Crippen molar-refractivity contribution in [3.8, 4) is 5.75 Å². The molecule has 1 aromatic rings. The van der Waals surface area contributed by atoms with Gasteiger partial charge in [-0.25, -0.2) is 9.59 Å². The van der Waals surface area contributed by atoms with Crippen molar-refractivity contribution in [2.75, 3.05) is 25.2 Å². The maximum Gasteiger partial charge on any atom is 0.356 e. The number of rotatable bonds is 6. The molecule has 0 aromatic heterocycles. The van der Waals surface area contributed by atoms with E-state index in [1.165, 1.54) is 44.1 Å². The normalized spacial score (nSPS) is 20.9. The number of hydrogen-bond donors (Lipinski definition) is 6. The number of aliphatic carboxylic acids is 1. The van der Waals surface area contributed by atoms with Crippen LogP contribution in [0.4, 0.5) is 10.5 Å². The molecule has 1 fully saturated rings. The van der Waals surface area contributed by atoms with Gasteiger partial charge >= 0.3 is 12.0 Å². The topological polar surface area (TPSA) is 183 Å². The summed E-state index contributed by atoms with van der Waals surface area (Å²) in [5.74, 6) is -2.37. The number of hydrogen-bond acceptors (Lipinski definition) is 8. The van der Waals surface area contributed by atoms with E-state index in [-0.39, 0.29) is 34.2 Å². The van der Waals surface area contributed by atoms with Gasteiger partial charge in [-0.2, -0.15) is 0 Å². The molecule has 2 aliphatic heterocycles. The number of amides is 4. The monoisotopic (exact) mass is 451 g/mol. The van der Waals surface area contributed by atoms with Crippen LogP contribution < -0.4 is 21.7 Å². The predicted molar refractivity (Wildman–Crippen MR) is 110 cm³/mol. The minimum atomic E-state index is -1.29. The van der Waals surface area contributed by atoms with Gasteiger partial charge in [0, 0.05) is 7.05 Å². The number of carbonyl (C=O) groups excluding carboxylic acids is 3. The van der Waals surface area contributed by atoms with Crippen molar-refractivity contribution in [3.63, 3.8) is 0 Å². The number of benzene rings is 1. The number of methoxy groups -OCH3 is 1. The number of carbonyl (C=O) groups is 4.